The van der Waals surface area contributed by atoms with Crippen molar-refractivity contribution in [2.75, 3.05) is 0 Å². The van der Waals surface area contributed by atoms with Crippen LogP contribution in [0.3, 0.4) is 0 Å². The molecule has 2 aromatic carbocycles. The molecule has 0 saturated heterocycles. The van der Waals surface area contributed by atoms with Gasteiger partial charge in [0.05, 0.1) is 16.7 Å². The van der Waals surface area contributed by atoms with Gasteiger partial charge in [-0.15, -0.1) is 0 Å². The average Bonchev–Trinajstić information content (AvgIpc) is 3.03. The molecule has 2 aromatic rings. The Labute approximate surface area is 143 Å². The summed E-state index contributed by atoms with van der Waals surface area (Å²) in [4.78, 5) is 35.4. The molecular formula is C20H14O5. The summed E-state index contributed by atoms with van der Waals surface area (Å²) in [6.07, 6.45) is 0. The van der Waals surface area contributed by atoms with Crippen molar-refractivity contribution in [3.8, 4) is 0 Å². The summed E-state index contributed by atoms with van der Waals surface area (Å²) >= 11 is 0. The zero-order chi connectivity index (χ0) is 17.9. The van der Waals surface area contributed by atoms with E-state index in [0.717, 1.165) is 11.1 Å². The van der Waals surface area contributed by atoms with Crippen LogP contribution in [0, 0.1) is 0 Å². The fourth-order valence-electron chi connectivity index (χ4n) is 3.21. The fourth-order valence-corrected chi connectivity index (χ4v) is 3.21. The lowest BCUT2D eigenvalue weighted by Gasteiger charge is -2.26. The summed E-state index contributed by atoms with van der Waals surface area (Å²) in [5.41, 5.74) is 2.93. The van der Waals surface area contributed by atoms with Gasteiger partial charge in [0.15, 0.2) is 0 Å². The molecule has 0 N–H and O–H groups in total. The van der Waals surface area contributed by atoms with E-state index in [4.69, 9.17) is 4.74 Å². The average molecular weight is 334 g/mol. The zero-order valence-electron chi connectivity index (χ0n) is 13.7. The molecule has 0 unspecified atom stereocenters. The van der Waals surface area contributed by atoms with Gasteiger partial charge < -0.3 is 9.47 Å². The van der Waals surface area contributed by atoms with E-state index in [1.807, 2.05) is 26.0 Å². The first kappa shape index (κ1) is 15.3. The Bertz CT molecular complexity index is 918. The molecule has 0 saturated carbocycles. The molecule has 2 aliphatic rings. The van der Waals surface area contributed by atoms with Crippen LogP contribution in [0.5, 0.6) is 0 Å². The quantitative estimate of drug-likeness (QED) is 0.621. The third kappa shape index (κ3) is 2.12. The molecule has 5 nitrogen and oxygen atoms in total. The number of cyclic esters (lactones) is 3. The second-order valence-electron chi connectivity index (χ2n) is 6.64. The van der Waals surface area contributed by atoms with Gasteiger partial charge in [-0.1, -0.05) is 38.6 Å². The van der Waals surface area contributed by atoms with E-state index in [1.165, 1.54) is 0 Å². The Morgan fingerprint density at radius 1 is 0.720 bits per heavy atom. The van der Waals surface area contributed by atoms with Gasteiger partial charge in [-0.05, 0) is 29.3 Å². The maximum atomic E-state index is 11.9. The zero-order valence-corrected chi connectivity index (χ0v) is 13.7. The van der Waals surface area contributed by atoms with Crippen LogP contribution in [0.4, 0.5) is 0 Å². The Balaban J connectivity index is 1.81. The second kappa shape index (κ2) is 4.89. The van der Waals surface area contributed by atoms with E-state index in [9.17, 15) is 14.4 Å². The van der Waals surface area contributed by atoms with Crippen molar-refractivity contribution in [3.05, 3.63) is 76.4 Å². The van der Waals surface area contributed by atoms with Crippen LogP contribution < -0.4 is 0 Å². The Kier molecular flexibility index (Phi) is 3.00. The van der Waals surface area contributed by atoms with E-state index < -0.39 is 23.3 Å². The van der Waals surface area contributed by atoms with Crippen molar-refractivity contribution in [2.45, 2.75) is 19.3 Å². The first-order valence-electron chi connectivity index (χ1n) is 7.76. The molecule has 0 atom stereocenters. The van der Waals surface area contributed by atoms with E-state index in [0.29, 0.717) is 16.9 Å². The van der Waals surface area contributed by atoms with Crippen molar-refractivity contribution in [1.29, 1.82) is 0 Å². The topological polar surface area (TPSA) is 69.7 Å². The van der Waals surface area contributed by atoms with Gasteiger partial charge in [0.2, 0.25) is 0 Å². The van der Waals surface area contributed by atoms with E-state index in [-0.39, 0.29) is 11.1 Å². The van der Waals surface area contributed by atoms with Crippen molar-refractivity contribution in [3.63, 3.8) is 0 Å². The third-order valence-corrected chi connectivity index (χ3v) is 4.84. The van der Waals surface area contributed by atoms with Gasteiger partial charge in [0, 0.05) is 11.0 Å². The molecule has 0 fully saturated rings. The standard InChI is InChI=1S/C20H14O5/c1-10-13-6-4-11(8-15(13)18(22)24-10)20(2,3)12-5-7-14-16(9-12)19(23)25-17(14)21/h4-9H,1H2,2-3H3. The highest BCUT2D eigenvalue weighted by Gasteiger charge is 2.34. The van der Waals surface area contributed by atoms with Gasteiger partial charge in [-0.2, -0.15) is 0 Å². The number of benzene rings is 2. The normalized spacial score (nSPS) is 15.8. The predicted octanol–water partition coefficient (Wildman–Crippen LogP) is 3.46. The van der Waals surface area contributed by atoms with Crippen molar-refractivity contribution >= 4 is 23.7 Å². The Morgan fingerprint density at radius 3 is 1.84 bits per heavy atom. The van der Waals surface area contributed by atoms with Gasteiger partial charge in [-0.25, -0.2) is 14.4 Å². The van der Waals surface area contributed by atoms with Crippen LogP contribution >= 0.6 is 0 Å². The van der Waals surface area contributed by atoms with Crippen molar-refractivity contribution in [1.82, 2.24) is 0 Å². The molecule has 25 heavy (non-hydrogen) atoms. The van der Waals surface area contributed by atoms with Crippen LogP contribution in [0.2, 0.25) is 0 Å². The molecule has 4 rings (SSSR count). The maximum absolute atomic E-state index is 11.9. The Morgan fingerprint density at radius 2 is 1.20 bits per heavy atom. The molecule has 0 radical (unpaired) electrons. The summed E-state index contributed by atoms with van der Waals surface area (Å²) in [5, 5.41) is 0. The molecular weight excluding hydrogens is 320 g/mol. The molecule has 0 aromatic heterocycles. The summed E-state index contributed by atoms with van der Waals surface area (Å²) < 4.78 is 9.70. The number of carbonyl (C=O) groups is 3. The fraction of sp³-hybridized carbons (Fsp3) is 0.150. The molecule has 124 valence electrons. The molecule has 0 bridgehead atoms. The first-order valence-corrected chi connectivity index (χ1v) is 7.76. The molecule has 5 heteroatoms. The van der Waals surface area contributed by atoms with E-state index in [2.05, 4.69) is 11.3 Å². The SMILES string of the molecule is C=C1OC(=O)c2cc(C(C)(C)c3ccc4c(c3)C(=O)OC4=O)ccc21. The second-order valence-corrected chi connectivity index (χ2v) is 6.64. The van der Waals surface area contributed by atoms with Crippen LogP contribution in [-0.4, -0.2) is 17.9 Å². The lowest BCUT2D eigenvalue weighted by atomic mass is 9.76. The number of carbonyl (C=O) groups excluding carboxylic acids is 3. The van der Waals surface area contributed by atoms with Crippen molar-refractivity contribution in [2.24, 2.45) is 0 Å². The predicted molar refractivity (Wildman–Crippen MR) is 89.2 cm³/mol. The summed E-state index contributed by atoms with van der Waals surface area (Å²) in [6.45, 7) is 7.68. The van der Waals surface area contributed by atoms with Crippen LogP contribution in [0.15, 0.2) is 43.0 Å². The largest absolute Gasteiger partial charge is 0.423 e. The number of rotatable bonds is 2. The number of hydrogen-bond acceptors (Lipinski definition) is 5. The number of hydrogen-bond donors (Lipinski definition) is 0. The minimum Gasteiger partial charge on any atom is -0.423 e. The number of esters is 3. The van der Waals surface area contributed by atoms with Gasteiger partial charge in [0.25, 0.3) is 0 Å². The highest BCUT2D eigenvalue weighted by Crippen LogP contribution is 2.37. The van der Waals surface area contributed by atoms with Gasteiger partial charge in [0.1, 0.15) is 5.76 Å². The molecule has 0 amide bonds. The van der Waals surface area contributed by atoms with Crippen LogP contribution in [0.25, 0.3) is 5.76 Å². The summed E-state index contributed by atoms with van der Waals surface area (Å²) in [7, 11) is 0. The first-order chi connectivity index (χ1) is 11.8. The molecule has 2 heterocycles. The van der Waals surface area contributed by atoms with E-state index in [1.54, 1.807) is 24.3 Å². The third-order valence-electron chi connectivity index (χ3n) is 4.84. The van der Waals surface area contributed by atoms with E-state index >= 15 is 0 Å². The van der Waals surface area contributed by atoms with Crippen molar-refractivity contribution < 1.29 is 23.9 Å². The molecule has 0 aliphatic carbocycles. The highest BCUT2D eigenvalue weighted by atomic mass is 16.6. The number of fused-ring (bicyclic) bond motifs is 2. The van der Waals surface area contributed by atoms with Crippen LogP contribution in [0.1, 0.15) is 61.6 Å². The summed E-state index contributed by atoms with van der Waals surface area (Å²) in [6, 6.07) is 10.6. The lowest BCUT2D eigenvalue weighted by molar-refractivity contribution is 0.0443. The monoisotopic (exact) mass is 334 g/mol. The van der Waals surface area contributed by atoms with Gasteiger partial charge in [-0.3, -0.25) is 0 Å². The number of ether oxygens (including phenoxy) is 2. The smallest absolute Gasteiger partial charge is 0.346 e. The molecule has 0 spiro atoms. The lowest BCUT2D eigenvalue weighted by Crippen LogP contribution is -2.20. The van der Waals surface area contributed by atoms with Gasteiger partial charge >= 0.3 is 17.9 Å². The minimum absolute atomic E-state index is 0.268. The molecule has 2 aliphatic heterocycles. The highest BCUT2D eigenvalue weighted by molar-refractivity contribution is 6.14. The summed E-state index contributed by atoms with van der Waals surface area (Å²) in [5.74, 6) is -1.32. The minimum atomic E-state index is -0.633. The Hall–Kier alpha value is -3.21. The van der Waals surface area contributed by atoms with Crippen LogP contribution in [-0.2, 0) is 14.9 Å². The maximum Gasteiger partial charge on any atom is 0.346 e.